The standard InChI is InChI=1S/C22H18ClF3N10/c1-12-9-34-10-13(15-6-18(27-8-16(15)23)30-19-3-4-28-33(19)2)5-17(34)20-31-32-21(36(12)20)22(25,26)35-11-14(24)7-29-35/h3-8,10-12H,9H2,1-2H3,(H,27,30)/t12-/m0/s1. The van der Waals surface area contributed by atoms with Gasteiger partial charge in [0.15, 0.2) is 11.6 Å². The summed E-state index contributed by atoms with van der Waals surface area (Å²) in [4.78, 5) is 4.34. The highest BCUT2D eigenvalue weighted by Gasteiger charge is 2.44. The minimum absolute atomic E-state index is 0.249. The molecule has 36 heavy (non-hydrogen) atoms. The molecule has 0 aliphatic carbocycles. The zero-order valence-electron chi connectivity index (χ0n) is 18.9. The Morgan fingerprint density at radius 2 is 1.97 bits per heavy atom. The topological polar surface area (TPSA) is 96.2 Å². The van der Waals surface area contributed by atoms with Crippen LogP contribution in [-0.2, 0) is 19.6 Å². The van der Waals surface area contributed by atoms with Crippen molar-refractivity contribution in [2.75, 3.05) is 5.32 Å². The first kappa shape index (κ1) is 22.3. The van der Waals surface area contributed by atoms with Gasteiger partial charge in [-0.1, -0.05) is 11.6 Å². The summed E-state index contributed by atoms with van der Waals surface area (Å²) in [6.07, 6.45) is 6.44. The third-order valence-corrected chi connectivity index (χ3v) is 6.38. The predicted molar refractivity (Wildman–Crippen MR) is 124 cm³/mol. The molecule has 0 radical (unpaired) electrons. The van der Waals surface area contributed by atoms with Gasteiger partial charge in [-0.25, -0.2) is 9.37 Å². The Hall–Kier alpha value is -4.13. The fraction of sp³-hybridized carbons (Fsp3) is 0.227. The highest BCUT2D eigenvalue weighted by molar-refractivity contribution is 6.33. The van der Waals surface area contributed by atoms with Crippen molar-refractivity contribution in [3.05, 3.63) is 65.8 Å². The largest absolute Gasteiger partial charge is 0.404 e. The van der Waals surface area contributed by atoms with Gasteiger partial charge in [0.05, 0.1) is 35.3 Å². The zero-order valence-corrected chi connectivity index (χ0v) is 19.7. The van der Waals surface area contributed by atoms with E-state index in [9.17, 15) is 4.39 Å². The molecule has 1 atom stereocenters. The van der Waals surface area contributed by atoms with Crippen LogP contribution in [0.15, 0.2) is 49.2 Å². The molecule has 0 bridgehead atoms. The first-order valence-corrected chi connectivity index (χ1v) is 11.3. The molecule has 0 aromatic carbocycles. The van der Waals surface area contributed by atoms with Crippen LogP contribution in [0.25, 0.3) is 22.6 Å². The Morgan fingerprint density at radius 3 is 2.69 bits per heavy atom. The summed E-state index contributed by atoms with van der Waals surface area (Å²) < 4.78 is 49.0. The minimum Gasteiger partial charge on any atom is -0.342 e. The van der Waals surface area contributed by atoms with Gasteiger partial charge in [0.25, 0.3) is 0 Å². The van der Waals surface area contributed by atoms with Crippen LogP contribution >= 0.6 is 11.6 Å². The lowest BCUT2D eigenvalue weighted by Crippen LogP contribution is -2.32. The summed E-state index contributed by atoms with van der Waals surface area (Å²) in [6.45, 7) is 2.17. The Bertz CT molecular complexity index is 1600. The van der Waals surface area contributed by atoms with Crippen molar-refractivity contribution in [3.63, 3.8) is 0 Å². The molecule has 0 spiro atoms. The third-order valence-electron chi connectivity index (χ3n) is 6.07. The van der Waals surface area contributed by atoms with E-state index in [2.05, 4.69) is 30.7 Å². The molecule has 0 saturated carbocycles. The zero-order chi connectivity index (χ0) is 25.2. The van der Waals surface area contributed by atoms with Gasteiger partial charge < -0.3 is 9.88 Å². The van der Waals surface area contributed by atoms with E-state index < -0.39 is 23.7 Å². The van der Waals surface area contributed by atoms with E-state index in [1.807, 2.05) is 22.9 Å². The average molecular weight is 515 g/mol. The summed E-state index contributed by atoms with van der Waals surface area (Å²) >= 11 is 6.48. The van der Waals surface area contributed by atoms with Crippen LogP contribution in [-0.4, -0.2) is 43.9 Å². The number of halogens is 4. The minimum atomic E-state index is -3.69. The average Bonchev–Trinajstić information content (AvgIpc) is 3.62. The number of anilines is 2. The molecule has 10 nitrogen and oxygen atoms in total. The molecule has 5 aromatic heterocycles. The van der Waals surface area contributed by atoms with E-state index in [4.69, 9.17) is 11.6 Å². The molecule has 184 valence electrons. The van der Waals surface area contributed by atoms with E-state index >= 15 is 8.78 Å². The van der Waals surface area contributed by atoms with Gasteiger partial charge in [-0.05, 0) is 19.1 Å². The number of alkyl halides is 2. The second-order valence-electron chi connectivity index (χ2n) is 8.49. The Morgan fingerprint density at radius 1 is 1.14 bits per heavy atom. The van der Waals surface area contributed by atoms with E-state index in [0.29, 0.717) is 34.8 Å². The summed E-state index contributed by atoms with van der Waals surface area (Å²) in [6, 6.07) is 1.33. The fourth-order valence-electron chi connectivity index (χ4n) is 4.36. The number of hydrogen-bond acceptors (Lipinski definition) is 6. The highest BCUT2D eigenvalue weighted by atomic mass is 35.5. The Balaban J connectivity index is 1.40. The molecular weight excluding hydrogens is 497 g/mol. The second-order valence-corrected chi connectivity index (χ2v) is 8.90. The molecule has 1 aliphatic rings. The van der Waals surface area contributed by atoms with Crippen LogP contribution in [0.5, 0.6) is 0 Å². The molecule has 5 aromatic rings. The van der Waals surface area contributed by atoms with Crippen molar-refractivity contribution in [2.45, 2.75) is 25.6 Å². The van der Waals surface area contributed by atoms with Crippen molar-refractivity contribution in [3.8, 4) is 22.6 Å². The van der Waals surface area contributed by atoms with Gasteiger partial charge in [0, 0.05) is 43.2 Å². The number of hydrogen-bond donors (Lipinski definition) is 1. The number of fused-ring (bicyclic) bond motifs is 3. The van der Waals surface area contributed by atoms with Crippen LogP contribution in [0.4, 0.5) is 24.8 Å². The van der Waals surface area contributed by atoms with Crippen LogP contribution in [0.2, 0.25) is 5.02 Å². The number of nitrogens with one attached hydrogen (secondary N) is 1. The number of pyridine rings is 1. The Kier molecular flexibility index (Phi) is 4.93. The van der Waals surface area contributed by atoms with Crippen LogP contribution in [0.3, 0.4) is 0 Å². The molecule has 0 amide bonds. The predicted octanol–water partition coefficient (Wildman–Crippen LogP) is 4.45. The summed E-state index contributed by atoms with van der Waals surface area (Å²) in [5.74, 6) is 0.0880. The molecule has 1 N–H and O–H groups in total. The van der Waals surface area contributed by atoms with Crippen LogP contribution in [0.1, 0.15) is 18.8 Å². The molecule has 0 saturated heterocycles. The van der Waals surface area contributed by atoms with Crippen LogP contribution < -0.4 is 5.32 Å². The highest BCUT2D eigenvalue weighted by Crippen LogP contribution is 2.40. The lowest BCUT2D eigenvalue weighted by molar-refractivity contribution is -0.0613. The van der Waals surface area contributed by atoms with Crippen molar-refractivity contribution >= 4 is 23.2 Å². The monoisotopic (exact) mass is 514 g/mol. The molecule has 0 fully saturated rings. The lowest BCUT2D eigenvalue weighted by atomic mass is 10.1. The maximum absolute atomic E-state index is 15.2. The van der Waals surface area contributed by atoms with Gasteiger partial charge in [-0.15, -0.1) is 10.2 Å². The fourth-order valence-corrected chi connectivity index (χ4v) is 4.58. The van der Waals surface area contributed by atoms with Crippen molar-refractivity contribution in [1.82, 2.24) is 43.9 Å². The molecule has 14 heteroatoms. The first-order chi connectivity index (χ1) is 17.2. The summed E-state index contributed by atoms with van der Waals surface area (Å²) in [5.41, 5.74) is 2.06. The van der Waals surface area contributed by atoms with Crippen molar-refractivity contribution < 1.29 is 13.2 Å². The summed E-state index contributed by atoms with van der Waals surface area (Å²) in [7, 11) is 1.80. The maximum atomic E-state index is 15.2. The normalized spacial score (nSPS) is 15.1. The van der Waals surface area contributed by atoms with Crippen LogP contribution in [0, 0.1) is 5.82 Å². The first-order valence-electron chi connectivity index (χ1n) is 10.9. The molecule has 6 heterocycles. The van der Waals surface area contributed by atoms with E-state index in [-0.39, 0.29) is 10.5 Å². The second kappa shape index (κ2) is 7.95. The maximum Gasteiger partial charge on any atom is 0.404 e. The van der Waals surface area contributed by atoms with Crippen molar-refractivity contribution in [1.29, 1.82) is 0 Å². The molecule has 6 rings (SSSR count). The number of nitrogens with zero attached hydrogens (tertiary/aromatic N) is 9. The third kappa shape index (κ3) is 3.46. The molecule has 1 aliphatic heterocycles. The van der Waals surface area contributed by atoms with E-state index in [1.54, 1.807) is 37.1 Å². The summed E-state index contributed by atoms with van der Waals surface area (Å²) in [5, 5.41) is 19.0. The van der Waals surface area contributed by atoms with Gasteiger partial charge >= 0.3 is 6.05 Å². The number of aromatic nitrogens is 9. The van der Waals surface area contributed by atoms with Gasteiger partial charge in [-0.3, -0.25) is 9.25 Å². The number of aryl methyl sites for hydroxylation is 1. The molecular formula is C22H18ClF3N10. The van der Waals surface area contributed by atoms with Gasteiger partial charge in [0.2, 0.25) is 5.82 Å². The molecule has 0 unspecified atom stereocenters. The smallest absolute Gasteiger partial charge is 0.342 e. The van der Waals surface area contributed by atoms with Gasteiger partial charge in [-0.2, -0.15) is 23.7 Å². The van der Waals surface area contributed by atoms with E-state index in [1.165, 1.54) is 4.57 Å². The SMILES string of the molecule is C[C@H]1Cn2cc(-c3cc(Nc4ccnn4C)ncc3Cl)cc2-c2nnc(C(F)(F)n3cc(F)cn3)n21. The van der Waals surface area contributed by atoms with E-state index in [0.717, 1.165) is 17.6 Å². The van der Waals surface area contributed by atoms with Crippen molar-refractivity contribution in [2.24, 2.45) is 7.05 Å². The Labute approximate surface area is 207 Å². The lowest BCUT2D eigenvalue weighted by Gasteiger charge is -2.27. The quantitative estimate of drug-likeness (QED) is 0.372. The van der Waals surface area contributed by atoms with Gasteiger partial charge in [0.1, 0.15) is 11.6 Å². The number of rotatable bonds is 5.